The summed E-state index contributed by atoms with van der Waals surface area (Å²) in [5.41, 5.74) is 6.79. The molecule has 1 aliphatic rings. The first-order chi connectivity index (χ1) is 9.13. The van der Waals surface area contributed by atoms with Crippen LogP contribution in [-0.4, -0.2) is 24.0 Å². The minimum Gasteiger partial charge on any atom is -0.423 e. The van der Waals surface area contributed by atoms with E-state index in [1.54, 1.807) is 18.2 Å². The van der Waals surface area contributed by atoms with E-state index in [0.717, 1.165) is 24.9 Å². The molecule has 6 heteroatoms. The highest BCUT2D eigenvalue weighted by atomic mass is 35.5. The summed E-state index contributed by atoms with van der Waals surface area (Å²) in [6, 6.07) is 5.85. The number of carbonyl (C=O) groups is 1. The van der Waals surface area contributed by atoms with Gasteiger partial charge in [-0.1, -0.05) is 11.6 Å². The van der Waals surface area contributed by atoms with Crippen LogP contribution in [0.25, 0.3) is 11.1 Å². The molecule has 1 aliphatic heterocycles. The number of benzene rings is 1. The largest absolute Gasteiger partial charge is 0.423 e. The van der Waals surface area contributed by atoms with Crippen molar-refractivity contribution >= 4 is 34.6 Å². The van der Waals surface area contributed by atoms with Gasteiger partial charge in [-0.15, -0.1) is 0 Å². The molecule has 0 radical (unpaired) electrons. The molecule has 3 rings (SSSR count). The molecule has 0 bridgehead atoms. The maximum atomic E-state index is 11.3. The normalized spacial score (nSPS) is 19.8. The van der Waals surface area contributed by atoms with Crippen LogP contribution in [0.1, 0.15) is 12.8 Å². The van der Waals surface area contributed by atoms with Crippen LogP contribution in [0.3, 0.4) is 0 Å². The molecular formula is C13H14ClN3O2. The zero-order valence-corrected chi connectivity index (χ0v) is 11.1. The third kappa shape index (κ3) is 2.38. The number of anilines is 1. The fraction of sp³-hybridized carbons (Fsp3) is 0.385. The van der Waals surface area contributed by atoms with Crippen LogP contribution in [0.5, 0.6) is 0 Å². The van der Waals surface area contributed by atoms with Gasteiger partial charge in [0.1, 0.15) is 5.52 Å². The van der Waals surface area contributed by atoms with E-state index in [9.17, 15) is 4.79 Å². The molecule has 0 spiro atoms. The van der Waals surface area contributed by atoms with E-state index in [1.165, 1.54) is 0 Å². The monoisotopic (exact) mass is 279 g/mol. The van der Waals surface area contributed by atoms with Crippen molar-refractivity contribution in [3.05, 3.63) is 23.2 Å². The van der Waals surface area contributed by atoms with Gasteiger partial charge in [-0.2, -0.15) is 4.98 Å². The number of nitrogens with two attached hydrogens (primary N) is 1. The van der Waals surface area contributed by atoms with Crippen molar-refractivity contribution in [1.29, 1.82) is 0 Å². The van der Waals surface area contributed by atoms with Gasteiger partial charge in [-0.25, -0.2) is 0 Å². The van der Waals surface area contributed by atoms with Crippen molar-refractivity contribution in [3.63, 3.8) is 0 Å². The van der Waals surface area contributed by atoms with Crippen LogP contribution in [0, 0.1) is 5.92 Å². The lowest BCUT2D eigenvalue weighted by molar-refractivity contribution is -0.122. The Kier molecular flexibility index (Phi) is 3.06. The first-order valence-corrected chi connectivity index (χ1v) is 6.61. The number of nitrogens with zero attached hydrogens (tertiary/aromatic N) is 2. The summed E-state index contributed by atoms with van der Waals surface area (Å²) in [7, 11) is 0. The van der Waals surface area contributed by atoms with E-state index in [2.05, 4.69) is 4.98 Å². The zero-order chi connectivity index (χ0) is 13.4. The van der Waals surface area contributed by atoms with Gasteiger partial charge >= 0.3 is 0 Å². The highest BCUT2D eigenvalue weighted by Gasteiger charge is 2.26. The van der Waals surface area contributed by atoms with Crippen molar-refractivity contribution in [2.24, 2.45) is 11.7 Å². The summed E-state index contributed by atoms with van der Waals surface area (Å²) >= 11 is 5.92. The van der Waals surface area contributed by atoms with Gasteiger partial charge < -0.3 is 15.1 Å². The smallest absolute Gasteiger partial charge is 0.298 e. The van der Waals surface area contributed by atoms with Gasteiger partial charge in [-0.05, 0) is 31.0 Å². The quantitative estimate of drug-likeness (QED) is 0.914. The summed E-state index contributed by atoms with van der Waals surface area (Å²) in [6.45, 7) is 1.39. The number of piperidine rings is 1. The molecule has 1 fully saturated rings. The third-order valence-electron chi connectivity index (χ3n) is 3.43. The summed E-state index contributed by atoms with van der Waals surface area (Å²) in [6.07, 6.45) is 1.74. The number of rotatable bonds is 2. The molecule has 1 amide bonds. The van der Waals surface area contributed by atoms with Crippen LogP contribution >= 0.6 is 11.6 Å². The van der Waals surface area contributed by atoms with E-state index >= 15 is 0 Å². The number of amides is 1. The van der Waals surface area contributed by atoms with Crippen LogP contribution in [0.4, 0.5) is 6.01 Å². The SMILES string of the molecule is NC(=O)C1CCCN(c2nc3cc(Cl)ccc3o2)C1. The Labute approximate surface area is 115 Å². The lowest BCUT2D eigenvalue weighted by Crippen LogP contribution is -2.41. The average molecular weight is 280 g/mol. The van der Waals surface area contributed by atoms with Crippen molar-refractivity contribution in [3.8, 4) is 0 Å². The molecule has 1 aromatic heterocycles. The number of carbonyl (C=O) groups excluding carboxylic acids is 1. The summed E-state index contributed by atoms with van der Waals surface area (Å²) in [4.78, 5) is 17.7. The van der Waals surface area contributed by atoms with Crippen molar-refractivity contribution < 1.29 is 9.21 Å². The predicted molar refractivity (Wildman–Crippen MR) is 73.2 cm³/mol. The zero-order valence-electron chi connectivity index (χ0n) is 10.3. The first-order valence-electron chi connectivity index (χ1n) is 6.24. The molecule has 2 heterocycles. The molecule has 1 saturated heterocycles. The van der Waals surface area contributed by atoms with Gasteiger partial charge in [0, 0.05) is 18.1 Å². The molecule has 1 aromatic carbocycles. The standard InChI is InChI=1S/C13H14ClN3O2/c14-9-3-4-11-10(6-9)16-13(19-11)17-5-1-2-8(7-17)12(15)18/h3-4,6,8H,1-2,5,7H2,(H2,15,18). The summed E-state index contributed by atoms with van der Waals surface area (Å²) in [5, 5.41) is 0.626. The second kappa shape index (κ2) is 4.74. The Morgan fingerprint density at radius 3 is 3.16 bits per heavy atom. The minimum atomic E-state index is -0.260. The fourth-order valence-electron chi connectivity index (χ4n) is 2.41. The average Bonchev–Trinajstić information content (AvgIpc) is 2.81. The Bertz CT molecular complexity index is 625. The van der Waals surface area contributed by atoms with Gasteiger partial charge in [0.2, 0.25) is 5.91 Å². The van der Waals surface area contributed by atoms with E-state index in [0.29, 0.717) is 23.2 Å². The molecule has 0 aliphatic carbocycles. The van der Waals surface area contributed by atoms with Gasteiger partial charge in [0.05, 0.1) is 5.92 Å². The number of hydrogen-bond acceptors (Lipinski definition) is 4. The predicted octanol–water partition coefficient (Wildman–Crippen LogP) is 2.18. The topological polar surface area (TPSA) is 72.4 Å². The summed E-state index contributed by atoms with van der Waals surface area (Å²) in [5.74, 6) is -0.392. The van der Waals surface area contributed by atoms with Crippen LogP contribution in [0.15, 0.2) is 22.6 Å². The fourth-order valence-corrected chi connectivity index (χ4v) is 2.57. The maximum Gasteiger partial charge on any atom is 0.298 e. The first kappa shape index (κ1) is 12.3. The highest BCUT2D eigenvalue weighted by molar-refractivity contribution is 6.31. The van der Waals surface area contributed by atoms with E-state index in [1.807, 2.05) is 4.90 Å². The molecule has 19 heavy (non-hydrogen) atoms. The minimum absolute atomic E-state index is 0.132. The maximum absolute atomic E-state index is 11.3. The summed E-state index contributed by atoms with van der Waals surface area (Å²) < 4.78 is 5.69. The van der Waals surface area contributed by atoms with Gasteiger partial charge in [0.15, 0.2) is 5.58 Å². The van der Waals surface area contributed by atoms with E-state index in [4.69, 9.17) is 21.8 Å². The Morgan fingerprint density at radius 1 is 1.53 bits per heavy atom. The van der Waals surface area contributed by atoms with Crippen LogP contribution < -0.4 is 10.6 Å². The second-order valence-corrected chi connectivity index (χ2v) is 5.23. The number of hydrogen-bond donors (Lipinski definition) is 1. The molecule has 2 aromatic rings. The Balaban J connectivity index is 1.89. The Hall–Kier alpha value is -1.75. The molecule has 5 nitrogen and oxygen atoms in total. The number of fused-ring (bicyclic) bond motifs is 1. The highest BCUT2D eigenvalue weighted by Crippen LogP contribution is 2.27. The lowest BCUT2D eigenvalue weighted by atomic mass is 9.98. The number of oxazole rings is 1. The molecular weight excluding hydrogens is 266 g/mol. The van der Waals surface area contributed by atoms with E-state index in [-0.39, 0.29) is 11.8 Å². The second-order valence-electron chi connectivity index (χ2n) is 4.80. The Morgan fingerprint density at radius 2 is 2.37 bits per heavy atom. The molecule has 2 N–H and O–H groups in total. The number of aromatic nitrogens is 1. The van der Waals surface area contributed by atoms with Crippen molar-refractivity contribution in [2.75, 3.05) is 18.0 Å². The number of halogens is 1. The molecule has 0 saturated carbocycles. The van der Waals surface area contributed by atoms with Crippen molar-refractivity contribution in [1.82, 2.24) is 4.98 Å². The molecule has 1 unspecified atom stereocenters. The molecule has 1 atom stereocenters. The van der Waals surface area contributed by atoms with Gasteiger partial charge in [-0.3, -0.25) is 4.79 Å². The third-order valence-corrected chi connectivity index (χ3v) is 3.67. The number of primary amides is 1. The van der Waals surface area contributed by atoms with Crippen molar-refractivity contribution in [2.45, 2.75) is 12.8 Å². The molecule has 100 valence electrons. The lowest BCUT2D eigenvalue weighted by Gasteiger charge is -2.29. The van der Waals surface area contributed by atoms with E-state index < -0.39 is 0 Å². The van der Waals surface area contributed by atoms with Gasteiger partial charge in [0.25, 0.3) is 6.01 Å². The van der Waals surface area contributed by atoms with Crippen LogP contribution in [0.2, 0.25) is 5.02 Å². The van der Waals surface area contributed by atoms with Crippen LogP contribution in [-0.2, 0) is 4.79 Å².